The van der Waals surface area contributed by atoms with Crippen LogP contribution in [0.15, 0.2) is 64.9 Å². The number of amides is 2. The van der Waals surface area contributed by atoms with E-state index in [1.807, 2.05) is 0 Å². The second-order valence-corrected chi connectivity index (χ2v) is 10.1. The first-order valence-corrected chi connectivity index (χ1v) is 12.3. The highest BCUT2D eigenvalue weighted by atomic mass is 32.2. The van der Waals surface area contributed by atoms with E-state index in [-0.39, 0.29) is 38.0 Å². The second kappa shape index (κ2) is 9.38. The van der Waals surface area contributed by atoms with Crippen LogP contribution < -0.4 is 5.32 Å². The lowest BCUT2D eigenvalue weighted by atomic mass is 10.1. The summed E-state index contributed by atoms with van der Waals surface area (Å²) in [6.07, 6.45) is 0. The number of carbonyl (C=O) groups excluding carboxylic acids is 2. The van der Waals surface area contributed by atoms with E-state index < -0.39 is 26.6 Å². The van der Waals surface area contributed by atoms with Crippen molar-refractivity contribution >= 4 is 38.9 Å². The molecule has 3 aromatic rings. The lowest BCUT2D eigenvalue weighted by Crippen LogP contribution is -2.50. The highest BCUT2D eigenvalue weighted by Crippen LogP contribution is 2.22. The number of thiophene rings is 1. The van der Waals surface area contributed by atoms with Gasteiger partial charge in [-0.1, -0.05) is 6.07 Å². The molecule has 1 aromatic heterocycles. The van der Waals surface area contributed by atoms with E-state index in [0.717, 1.165) is 16.4 Å². The first kappa shape index (κ1) is 23.0. The number of nitrogens with one attached hydrogen (secondary N) is 1. The van der Waals surface area contributed by atoms with Crippen molar-refractivity contribution in [2.75, 3.05) is 31.5 Å². The first-order chi connectivity index (χ1) is 15.8. The fourth-order valence-corrected chi connectivity index (χ4v) is 5.54. The van der Waals surface area contributed by atoms with E-state index >= 15 is 0 Å². The third-order valence-corrected chi connectivity index (χ3v) is 7.95. The van der Waals surface area contributed by atoms with E-state index in [0.29, 0.717) is 22.2 Å². The molecule has 1 N–H and O–H groups in total. The van der Waals surface area contributed by atoms with Crippen molar-refractivity contribution in [2.45, 2.75) is 4.90 Å². The van der Waals surface area contributed by atoms with Gasteiger partial charge in [0, 0.05) is 37.4 Å². The Kier molecular flexibility index (Phi) is 6.54. The lowest BCUT2D eigenvalue weighted by molar-refractivity contribution is 0.0697. The van der Waals surface area contributed by atoms with Crippen LogP contribution in [0, 0.1) is 11.6 Å². The number of hydrogen-bond acceptors (Lipinski definition) is 5. The summed E-state index contributed by atoms with van der Waals surface area (Å²) >= 11 is 1.32. The van der Waals surface area contributed by atoms with Crippen LogP contribution in [0.1, 0.15) is 20.0 Å². The number of piperazine rings is 1. The van der Waals surface area contributed by atoms with E-state index in [4.69, 9.17) is 0 Å². The average Bonchev–Trinajstić information content (AvgIpc) is 3.36. The molecule has 33 heavy (non-hydrogen) atoms. The molecule has 0 atom stereocenters. The van der Waals surface area contributed by atoms with Crippen LogP contribution in [0.3, 0.4) is 0 Å². The molecule has 1 fully saturated rings. The van der Waals surface area contributed by atoms with E-state index in [1.54, 1.807) is 41.8 Å². The van der Waals surface area contributed by atoms with Gasteiger partial charge in [0.25, 0.3) is 11.8 Å². The first-order valence-electron chi connectivity index (χ1n) is 9.95. The van der Waals surface area contributed by atoms with Gasteiger partial charge in [0.2, 0.25) is 10.0 Å². The molecule has 0 spiro atoms. The summed E-state index contributed by atoms with van der Waals surface area (Å²) in [6.45, 7) is 0.121. The van der Waals surface area contributed by atoms with Crippen molar-refractivity contribution in [3.05, 3.63) is 82.1 Å². The van der Waals surface area contributed by atoms with Crippen molar-refractivity contribution in [2.24, 2.45) is 0 Å². The quantitative estimate of drug-likeness (QED) is 0.593. The molecular formula is C22H19F2N3O4S2. The van der Waals surface area contributed by atoms with Crippen LogP contribution >= 0.6 is 11.3 Å². The van der Waals surface area contributed by atoms with Gasteiger partial charge < -0.3 is 10.2 Å². The molecule has 11 heteroatoms. The molecule has 0 saturated carbocycles. The molecule has 4 rings (SSSR count). The molecule has 0 bridgehead atoms. The van der Waals surface area contributed by atoms with Crippen LogP contribution in [0.5, 0.6) is 0 Å². The molecule has 0 aliphatic carbocycles. The molecule has 2 heterocycles. The lowest BCUT2D eigenvalue weighted by Gasteiger charge is -2.34. The number of anilines is 1. The van der Waals surface area contributed by atoms with Gasteiger partial charge in [-0.15, -0.1) is 11.3 Å². The molecule has 1 saturated heterocycles. The van der Waals surface area contributed by atoms with Crippen LogP contribution in [0.25, 0.3) is 0 Å². The van der Waals surface area contributed by atoms with Crippen LogP contribution in [-0.4, -0.2) is 55.6 Å². The van der Waals surface area contributed by atoms with E-state index in [1.165, 1.54) is 16.2 Å². The Morgan fingerprint density at radius 1 is 0.939 bits per heavy atom. The van der Waals surface area contributed by atoms with Gasteiger partial charge in [-0.3, -0.25) is 9.59 Å². The maximum Gasteiger partial charge on any atom is 0.265 e. The second-order valence-electron chi connectivity index (χ2n) is 7.28. The van der Waals surface area contributed by atoms with Gasteiger partial charge in [0.15, 0.2) is 0 Å². The fraction of sp³-hybridized carbons (Fsp3) is 0.182. The monoisotopic (exact) mass is 491 g/mol. The average molecular weight is 492 g/mol. The minimum atomic E-state index is -4.22. The van der Waals surface area contributed by atoms with Gasteiger partial charge in [-0.25, -0.2) is 17.2 Å². The molecule has 7 nitrogen and oxygen atoms in total. The number of halogens is 2. The smallest absolute Gasteiger partial charge is 0.265 e. The van der Waals surface area contributed by atoms with Gasteiger partial charge >= 0.3 is 0 Å². The normalized spacial score (nSPS) is 14.8. The third-order valence-electron chi connectivity index (χ3n) is 5.17. The Hall–Kier alpha value is -3.15. The van der Waals surface area contributed by atoms with Crippen LogP contribution in [-0.2, 0) is 10.0 Å². The Balaban J connectivity index is 1.38. The number of sulfonamides is 1. The SMILES string of the molecule is O=C(Nc1ccc(C(=O)N2CCN(S(=O)(=O)c3cc(F)ccc3F)CC2)cc1)c1cccs1. The zero-order chi connectivity index (χ0) is 23.6. The molecule has 1 aliphatic rings. The van der Waals surface area contributed by atoms with Crippen molar-refractivity contribution in [3.8, 4) is 0 Å². The van der Waals surface area contributed by atoms with Gasteiger partial charge in [0.05, 0.1) is 4.88 Å². The summed E-state index contributed by atoms with van der Waals surface area (Å²) in [6, 6.07) is 12.2. The molecule has 0 unspecified atom stereocenters. The van der Waals surface area contributed by atoms with Gasteiger partial charge in [0.1, 0.15) is 16.5 Å². The molecule has 1 aliphatic heterocycles. The van der Waals surface area contributed by atoms with E-state index in [2.05, 4.69) is 5.32 Å². The largest absolute Gasteiger partial charge is 0.336 e. The Bertz CT molecular complexity index is 1270. The maximum atomic E-state index is 14.0. The predicted molar refractivity (Wildman–Crippen MR) is 120 cm³/mol. The van der Waals surface area contributed by atoms with Crippen LogP contribution in [0.4, 0.5) is 14.5 Å². The molecular weight excluding hydrogens is 472 g/mol. The summed E-state index contributed by atoms with van der Waals surface area (Å²) in [5, 5.41) is 4.55. The van der Waals surface area contributed by atoms with E-state index in [9.17, 15) is 26.8 Å². The summed E-state index contributed by atoms with van der Waals surface area (Å²) in [7, 11) is -4.22. The summed E-state index contributed by atoms with van der Waals surface area (Å²) in [4.78, 5) is 26.3. The van der Waals surface area contributed by atoms with Crippen molar-refractivity contribution in [3.63, 3.8) is 0 Å². The van der Waals surface area contributed by atoms with Crippen molar-refractivity contribution in [1.82, 2.24) is 9.21 Å². The van der Waals surface area contributed by atoms with Crippen molar-refractivity contribution < 1.29 is 26.8 Å². The zero-order valence-corrected chi connectivity index (χ0v) is 18.8. The summed E-state index contributed by atoms with van der Waals surface area (Å²) in [5.41, 5.74) is 0.926. The maximum absolute atomic E-state index is 14.0. The Morgan fingerprint density at radius 3 is 2.27 bits per heavy atom. The summed E-state index contributed by atoms with van der Waals surface area (Å²) < 4.78 is 53.9. The molecule has 2 aromatic carbocycles. The van der Waals surface area contributed by atoms with Gasteiger partial charge in [-0.2, -0.15) is 4.31 Å². The van der Waals surface area contributed by atoms with Crippen molar-refractivity contribution in [1.29, 1.82) is 0 Å². The molecule has 172 valence electrons. The number of hydrogen-bond donors (Lipinski definition) is 1. The predicted octanol–water partition coefficient (Wildman–Crippen LogP) is 3.43. The Morgan fingerprint density at radius 2 is 1.64 bits per heavy atom. The topological polar surface area (TPSA) is 86.8 Å². The number of carbonyl (C=O) groups is 2. The fourth-order valence-electron chi connectivity index (χ4n) is 3.42. The number of nitrogens with zero attached hydrogens (tertiary/aromatic N) is 2. The summed E-state index contributed by atoms with van der Waals surface area (Å²) in [5.74, 6) is -2.41. The molecule has 0 radical (unpaired) electrons. The minimum Gasteiger partial charge on any atom is -0.336 e. The van der Waals surface area contributed by atoms with Gasteiger partial charge in [-0.05, 0) is 53.9 Å². The van der Waals surface area contributed by atoms with Crippen LogP contribution in [0.2, 0.25) is 0 Å². The Labute approximate surface area is 193 Å². The zero-order valence-electron chi connectivity index (χ0n) is 17.2. The number of rotatable bonds is 5. The molecule has 2 amide bonds. The highest BCUT2D eigenvalue weighted by Gasteiger charge is 2.32. The third kappa shape index (κ3) is 4.95. The number of benzene rings is 2. The standard InChI is InChI=1S/C22H19F2N3O4S2/c23-16-5-8-18(24)20(14-16)33(30,31)27-11-9-26(10-12-27)22(29)15-3-6-17(7-4-15)25-21(28)19-2-1-13-32-19/h1-8,13-14H,9-12H2,(H,25,28). The minimum absolute atomic E-state index is 0.0427. The highest BCUT2D eigenvalue weighted by molar-refractivity contribution is 7.89.